The van der Waals surface area contributed by atoms with E-state index in [0.29, 0.717) is 0 Å². The highest BCUT2D eigenvalue weighted by Gasteiger charge is 2.23. The zero-order valence-electron chi connectivity index (χ0n) is 11.3. The van der Waals surface area contributed by atoms with E-state index in [1.165, 1.54) is 6.92 Å². The average molecular weight is 269 g/mol. The molecule has 0 spiro atoms. The molecule has 5 nitrogen and oxygen atoms in total. The number of nitro groups is 1. The van der Waals surface area contributed by atoms with Crippen LogP contribution in [-0.4, -0.2) is 17.0 Å². The number of aryl methyl sites for hydroxylation is 1. The third-order valence-corrected chi connectivity index (χ3v) is 2.90. The predicted octanol–water partition coefficient (Wildman–Crippen LogP) is 3.24. The van der Waals surface area contributed by atoms with Crippen molar-refractivity contribution in [2.45, 2.75) is 33.8 Å². The number of esters is 1. The van der Waals surface area contributed by atoms with Gasteiger partial charge in [-0.25, -0.2) is 9.18 Å². The molecule has 6 heteroatoms. The third-order valence-electron chi connectivity index (χ3n) is 2.90. The lowest BCUT2D eigenvalue weighted by Crippen LogP contribution is -2.21. The fourth-order valence-electron chi connectivity index (χ4n) is 1.37. The van der Waals surface area contributed by atoms with Gasteiger partial charge in [0.2, 0.25) is 0 Å². The summed E-state index contributed by atoms with van der Waals surface area (Å²) in [5.74, 6) is -1.59. The van der Waals surface area contributed by atoms with Crippen molar-refractivity contribution in [3.63, 3.8) is 0 Å². The third kappa shape index (κ3) is 3.49. The zero-order valence-corrected chi connectivity index (χ0v) is 11.3. The molecule has 0 amide bonds. The number of benzene rings is 1. The van der Waals surface area contributed by atoms with Crippen molar-refractivity contribution < 1.29 is 18.8 Å². The van der Waals surface area contributed by atoms with Crippen LogP contribution < -0.4 is 0 Å². The molecular weight excluding hydrogens is 253 g/mol. The van der Waals surface area contributed by atoms with Gasteiger partial charge in [-0.05, 0) is 25.3 Å². The van der Waals surface area contributed by atoms with Crippen LogP contribution >= 0.6 is 0 Å². The summed E-state index contributed by atoms with van der Waals surface area (Å²) in [5.41, 5.74) is -0.694. The minimum absolute atomic E-state index is 0.0401. The summed E-state index contributed by atoms with van der Waals surface area (Å²) in [6.45, 7) is 6.76. The van der Waals surface area contributed by atoms with Crippen molar-refractivity contribution in [3.05, 3.63) is 39.2 Å². The van der Waals surface area contributed by atoms with Crippen LogP contribution in [0.4, 0.5) is 10.1 Å². The van der Waals surface area contributed by atoms with Crippen molar-refractivity contribution in [2.24, 2.45) is 5.92 Å². The Morgan fingerprint density at radius 2 is 1.95 bits per heavy atom. The summed E-state index contributed by atoms with van der Waals surface area (Å²) in [6, 6.07) is 1.98. The van der Waals surface area contributed by atoms with E-state index < -0.39 is 28.4 Å². The number of rotatable bonds is 4. The van der Waals surface area contributed by atoms with Crippen molar-refractivity contribution in [3.8, 4) is 0 Å². The van der Waals surface area contributed by atoms with Gasteiger partial charge in [-0.1, -0.05) is 13.8 Å². The van der Waals surface area contributed by atoms with Gasteiger partial charge in [-0.15, -0.1) is 0 Å². The second-order valence-electron chi connectivity index (χ2n) is 4.74. The molecular formula is C13H16FNO4. The van der Waals surface area contributed by atoms with Crippen molar-refractivity contribution in [1.82, 2.24) is 0 Å². The Kier molecular flexibility index (Phi) is 4.58. The summed E-state index contributed by atoms with van der Waals surface area (Å²) in [4.78, 5) is 21.9. The van der Waals surface area contributed by atoms with E-state index in [-0.39, 0.29) is 17.2 Å². The molecule has 0 saturated carbocycles. The lowest BCUT2D eigenvalue weighted by Gasteiger charge is -2.16. The Morgan fingerprint density at radius 1 is 1.37 bits per heavy atom. The van der Waals surface area contributed by atoms with Gasteiger partial charge in [0.25, 0.3) is 5.69 Å². The molecule has 0 aliphatic heterocycles. The SMILES string of the molecule is Cc1cc([N+](=O)[O-])cc(C(=O)OC(C)C(C)C)c1F. The highest BCUT2D eigenvalue weighted by molar-refractivity contribution is 5.91. The quantitative estimate of drug-likeness (QED) is 0.478. The normalized spacial score (nSPS) is 12.3. The van der Waals surface area contributed by atoms with Gasteiger partial charge in [-0.3, -0.25) is 10.1 Å². The molecule has 0 N–H and O–H groups in total. The van der Waals surface area contributed by atoms with Crippen LogP contribution in [0.3, 0.4) is 0 Å². The molecule has 0 aliphatic rings. The van der Waals surface area contributed by atoms with Gasteiger partial charge in [0.05, 0.1) is 4.92 Å². The van der Waals surface area contributed by atoms with Crippen LogP contribution in [-0.2, 0) is 4.74 Å². The average Bonchev–Trinajstić information content (AvgIpc) is 2.31. The Labute approximate surface area is 110 Å². The molecule has 0 heterocycles. The van der Waals surface area contributed by atoms with E-state index in [9.17, 15) is 19.3 Å². The monoisotopic (exact) mass is 269 g/mol. The molecule has 1 atom stereocenters. The molecule has 104 valence electrons. The van der Waals surface area contributed by atoms with Crippen LogP contribution in [0.1, 0.15) is 36.7 Å². The molecule has 1 rings (SSSR count). The molecule has 1 aromatic carbocycles. The largest absolute Gasteiger partial charge is 0.459 e. The van der Waals surface area contributed by atoms with Crippen molar-refractivity contribution in [2.75, 3.05) is 0 Å². The summed E-state index contributed by atoms with van der Waals surface area (Å²) in [6.07, 6.45) is -0.397. The molecule has 0 saturated heterocycles. The fourth-order valence-corrected chi connectivity index (χ4v) is 1.37. The first kappa shape index (κ1) is 15.1. The number of hydrogen-bond acceptors (Lipinski definition) is 4. The van der Waals surface area contributed by atoms with E-state index >= 15 is 0 Å². The standard InChI is InChI=1S/C13H16FNO4/c1-7(2)9(4)19-13(16)11-6-10(15(17)18)5-8(3)12(11)14/h5-7,9H,1-4H3. The van der Waals surface area contributed by atoms with Crippen LogP contribution in [0.2, 0.25) is 0 Å². The maximum atomic E-state index is 13.8. The number of nitro benzene ring substituents is 1. The van der Waals surface area contributed by atoms with Crippen LogP contribution in [0.5, 0.6) is 0 Å². The lowest BCUT2D eigenvalue weighted by atomic mass is 10.1. The summed E-state index contributed by atoms with van der Waals surface area (Å²) in [5, 5.41) is 10.7. The Balaban J connectivity index is 3.12. The molecule has 0 aliphatic carbocycles. The minimum atomic E-state index is -0.884. The van der Waals surface area contributed by atoms with E-state index in [1.54, 1.807) is 6.92 Å². The highest BCUT2D eigenvalue weighted by atomic mass is 19.1. The first-order valence-electron chi connectivity index (χ1n) is 5.89. The smallest absolute Gasteiger partial charge is 0.341 e. The summed E-state index contributed by atoms with van der Waals surface area (Å²) in [7, 11) is 0. The van der Waals surface area contributed by atoms with Crippen LogP contribution in [0.25, 0.3) is 0 Å². The Morgan fingerprint density at radius 3 is 2.42 bits per heavy atom. The zero-order chi connectivity index (χ0) is 14.7. The maximum Gasteiger partial charge on any atom is 0.341 e. The fraction of sp³-hybridized carbons (Fsp3) is 0.462. The van der Waals surface area contributed by atoms with Crippen molar-refractivity contribution >= 4 is 11.7 Å². The predicted molar refractivity (Wildman–Crippen MR) is 67.5 cm³/mol. The van der Waals surface area contributed by atoms with E-state index in [4.69, 9.17) is 4.74 Å². The number of carbonyl (C=O) groups excluding carboxylic acids is 1. The lowest BCUT2D eigenvalue weighted by molar-refractivity contribution is -0.385. The van der Waals surface area contributed by atoms with Gasteiger partial charge in [0, 0.05) is 12.1 Å². The topological polar surface area (TPSA) is 69.4 Å². The Hall–Kier alpha value is -1.98. The number of halogens is 1. The van der Waals surface area contributed by atoms with Crippen LogP contribution in [0.15, 0.2) is 12.1 Å². The van der Waals surface area contributed by atoms with E-state index in [2.05, 4.69) is 0 Å². The first-order chi connectivity index (χ1) is 8.73. The van der Waals surface area contributed by atoms with Crippen LogP contribution in [0, 0.1) is 28.8 Å². The number of ether oxygens (including phenoxy) is 1. The summed E-state index contributed by atoms with van der Waals surface area (Å²) >= 11 is 0. The maximum absolute atomic E-state index is 13.8. The molecule has 19 heavy (non-hydrogen) atoms. The molecule has 1 aromatic rings. The van der Waals surface area contributed by atoms with Gasteiger partial charge < -0.3 is 4.74 Å². The molecule has 0 aromatic heterocycles. The van der Waals surface area contributed by atoms with Crippen molar-refractivity contribution in [1.29, 1.82) is 0 Å². The number of carbonyl (C=O) groups is 1. The number of nitrogens with zero attached hydrogens (tertiary/aromatic N) is 1. The van der Waals surface area contributed by atoms with Gasteiger partial charge >= 0.3 is 5.97 Å². The molecule has 0 bridgehead atoms. The second kappa shape index (κ2) is 5.77. The number of non-ortho nitro benzene ring substituents is 1. The molecule has 0 fully saturated rings. The van der Waals surface area contributed by atoms with E-state index in [1.807, 2.05) is 13.8 Å². The minimum Gasteiger partial charge on any atom is -0.459 e. The van der Waals surface area contributed by atoms with Gasteiger partial charge in [0.1, 0.15) is 17.5 Å². The summed E-state index contributed by atoms with van der Waals surface area (Å²) < 4.78 is 18.9. The number of hydrogen-bond donors (Lipinski definition) is 0. The Bertz CT molecular complexity index is 514. The van der Waals surface area contributed by atoms with Gasteiger partial charge in [-0.2, -0.15) is 0 Å². The van der Waals surface area contributed by atoms with Gasteiger partial charge in [0.15, 0.2) is 0 Å². The van der Waals surface area contributed by atoms with E-state index in [0.717, 1.165) is 12.1 Å². The molecule has 1 unspecified atom stereocenters. The molecule has 0 radical (unpaired) electrons. The highest BCUT2D eigenvalue weighted by Crippen LogP contribution is 2.22. The second-order valence-corrected chi connectivity index (χ2v) is 4.74. The first-order valence-corrected chi connectivity index (χ1v) is 5.89.